The molecule has 3 aliphatic carbocycles. The maximum atomic E-state index is 14.1. The number of hydrogen-bond donors (Lipinski definition) is 4. The van der Waals surface area contributed by atoms with Crippen LogP contribution in [0.2, 0.25) is 0 Å². The number of aromatic hydroxyl groups is 1. The van der Waals surface area contributed by atoms with Crippen LogP contribution in [0.1, 0.15) is 68.1 Å². The molecule has 2 aromatic carbocycles. The molecule has 206 valence electrons. The number of phenols is 1. The Morgan fingerprint density at radius 1 is 1.00 bits per heavy atom. The van der Waals surface area contributed by atoms with Gasteiger partial charge in [-0.3, -0.25) is 14.4 Å². The van der Waals surface area contributed by atoms with Crippen LogP contribution in [0.25, 0.3) is 0 Å². The summed E-state index contributed by atoms with van der Waals surface area (Å²) in [6, 6.07) is 12.3. The summed E-state index contributed by atoms with van der Waals surface area (Å²) in [5.74, 6) is 0.872. The summed E-state index contributed by atoms with van der Waals surface area (Å²) in [7, 11) is 0. The third-order valence-corrected chi connectivity index (χ3v) is 9.01. The number of benzene rings is 2. The number of Topliss-reactive ketones (excluding diaryl/α,β-unsaturated/α-hetero) is 3. The Balaban J connectivity index is 1.76. The minimum Gasteiger partial charge on any atom is -0.511 e. The largest absolute Gasteiger partial charge is 0.511 e. The van der Waals surface area contributed by atoms with Gasteiger partial charge in [0.05, 0.1) is 5.56 Å². The highest BCUT2D eigenvalue weighted by molar-refractivity contribution is 6.25. The van der Waals surface area contributed by atoms with Crippen molar-refractivity contribution < 1.29 is 34.8 Å². The van der Waals surface area contributed by atoms with Gasteiger partial charge >= 0.3 is 0 Å². The fraction of sp³-hybridized carbons (Fsp3) is 0.364. The molecule has 0 saturated heterocycles. The molecular formula is C33H32O7. The minimum atomic E-state index is -2.63. The first-order valence-corrected chi connectivity index (χ1v) is 13.3. The summed E-state index contributed by atoms with van der Waals surface area (Å²) in [6.07, 6.45) is 0.210. The van der Waals surface area contributed by atoms with Gasteiger partial charge in [0, 0.05) is 33.4 Å². The zero-order valence-corrected chi connectivity index (χ0v) is 23.1. The van der Waals surface area contributed by atoms with Gasteiger partial charge in [-0.1, -0.05) is 57.7 Å². The lowest BCUT2D eigenvalue weighted by Crippen LogP contribution is -2.67. The Bertz CT molecular complexity index is 1620. The maximum absolute atomic E-state index is 14.1. The molecular weight excluding hydrogens is 508 g/mol. The number of fused-ring (bicyclic) bond motifs is 3. The van der Waals surface area contributed by atoms with Gasteiger partial charge in [-0.25, -0.2) is 0 Å². The van der Waals surface area contributed by atoms with E-state index in [1.807, 2.05) is 30.3 Å². The summed E-state index contributed by atoms with van der Waals surface area (Å²) in [4.78, 5) is 40.3. The average Bonchev–Trinajstić information content (AvgIpc) is 2.86. The van der Waals surface area contributed by atoms with E-state index in [1.54, 1.807) is 33.8 Å². The number of allylic oxidation sites excluding steroid dienone is 2. The van der Waals surface area contributed by atoms with E-state index in [1.165, 1.54) is 6.07 Å². The third-order valence-electron chi connectivity index (χ3n) is 9.01. The summed E-state index contributed by atoms with van der Waals surface area (Å²) in [6.45, 7) is 8.10. The zero-order valence-electron chi connectivity index (χ0n) is 23.1. The Morgan fingerprint density at radius 2 is 1.65 bits per heavy atom. The number of aliphatic hydroxyl groups excluding tert-OH is 2. The van der Waals surface area contributed by atoms with Crippen LogP contribution in [0.4, 0.5) is 0 Å². The van der Waals surface area contributed by atoms with Crippen LogP contribution in [-0.2, 0) is 16.0 Å². The van der Waals surface area contributed by atoms with Crippen molar-refractivity contribution >= 4 is 17.3 Å². The van der Waals surface area contributed by atoms with E-state index in [0.29, 0.717) is 11.1 Å². The van der Waals surface area contributed by atoms with Crippen LogP contribution in [-0.4, -0.2) is 43.4 Å². The normalized spacial score (nSPS) is 29.4. The highest BCUT2D eigenvalue weighted by atomic mass is 16.3. The molecule has 0 aliphatic heterocycles. The molecule has 40 heavy (non-hydrogen) atoms. The van der Waals surface area contributed by atoms with Gasteiger partial charge in [0.2, 0.25) is 5.78 Å². The van der Waals surface area contributed by atoms with Crippen molar-refractivity contribution in [2.45, 2.75) is 53.1 Å². The van der Waals surface area contributed by atoms with E-state index in [-0.39, 0.29) is 35.6 Å². The van der Waals surface area contributed by atoms with Crippen LogP contribution in [0.15, 0.2) is 65.1 Å². The Hall–Kier alpha value is -4.15. The van der Waals surface area contributed by atoms with Crippen molar-refractivity contribution in [1.82, 2.24) is 0 Å². The van der Waals surface area contributed by atoms with Crippen molar-refractivity contribution in [3.63, 3.8) is 0 Å². The second kappa shape index (κ2) is 8.94. The lowest BCUT2D eigenvalue weighted by molar-refractivity contribution is -0.171. The molecule has 1 unspecified atom stereocenters. The molecule has 0 bridgehead atoms. The molecule has 0 fully saturated rings. The lowest BCUT2D eigenvalue weighted by Gasteiger charge is -2.59. The van der Waals surface area contributed by atoms with Crippen LogP contribution in [0, 0.1) is 34.5 Å². The summed E-state index contributed by atoms with van der Waals surface area (Å²) in [5.41, 5.74) is -4.15. The molecule has 0 aromatic heterocycles. The van der Waals surface area contributed by atoms with Gasteiger partial charge in [-0.15, -0.1) is 0 Å². The SMILES string of the molecule is CC(=O)C1=C(O)C(C(C)C)[C@@]2(C)C[C@@]3(C)Cc4c(C#Cc5ccccc5)ccc(O)c4C(=O)C3=C(O)[C@@]2(O)C1=O. The van der Waals surface area contributed by atoms with Gasteiger partial charge < -0.3 is 20.4 Å². The zero-order chi connectivity index (χ0) is 29.4. The number of aliphatic hydroxyl groups is 3. The smallest absolute Gasteiger partial charge is 0.209 e. The highest BCUT2D eigenvalue weighted by Crippen LogP contribution is 2.65. The summed E-state index contributed by atoms with van der Waals surface area (Å²) in [5, 5.41) is 45.8. The average molecular weight is 541 g/mol. The Morgan fingerprint density at radius 3 is 2.25 bits per heavy atom. The van der Waals surface area contributed by atoms with E-state index in [0.717, 1.165) is 12.5 Å². The molecule has 0 heterocycles. The fourth-order valence-corrected chi connectivity index (χ4v) is 7.51. The van der Waals surface area contributed by atoms with E-state index in [4.69, 9.17) is 0 Å². The second-order valence-electron chi connectivity index (χ2n) is 12.1. The third kappa shape index (κ3) is 3.52. The van der Waals surface area contributed by atoms with Crippen molar-refractivity contribution in [3.05, 3.63) is 87.4 Å². The van der Waals surface area contributed by atoms with Crippen LogP contribution < -0.4 is 0 Å². The number of ketones is 3. The molecule has 5 rings (SSSR count). The predicted molar refractivity (Wildman–Crippen MR) is 148 cm³/mol. The molecule has 0 saturated carbocycles. The summed E-state index contributed by atoms with van der Waals surface area (Å²) < 4.78 is 0. The number of carbonyl (C=O) groups is 3. The van der Waals surface area contributed by atoms with Crippen LogP contribution in [0.5, 0.6) is 5.75 Å². The van der Waals surface area contributed by atoms with Gasteiger partial charge in [0.1, 0.15) is 22.8 Å². The number of phenolic OH excluding ortho intramolecular Hbond substituents is 1. The predicted octanol–water partition coefficient (Wildman–Crippen LogP) is 4.75. The van der Waals surface area contributed by atoms with Gasteiger partial charge in [-0.2, -0.15) is 0 Å². The molecule has 0 radical (unpaired) electrons. The maximum Gasteiger partial charge on any atom is 0.209 e. The number of rotatable bonds is 2. The number of hydrogen-bond acceptors (Lipinski definition) is 7. The van der Waals surface area contributed by atoms with Gasteiger partial charge in [0.25, 0.3) is 0 Å². The number of carbonyl (C=O) groups excluding carboxylic acids is 3. The monoisotopic (exact) mass is 540 g/mol. The molecule has 2 aromatic rings. The van der Waals surface area contributed by atoms with Crippen LogP contribution >= 0.6 is 0 Å². The second-order valence-corrected chi connectivity index (χ2v) is 12.1. The molecule has 4 atom stereocenters. The molecule has 4 N–H and O–H groups in total. The fourth-order valence-electron chi connectivity index (χ4n) is 7.51. The molecule has 7 heteroatoms. The topological polar surface area (TPSA) is 132 Å². The highest BCUT2D eigenvalue weighted by Gasteiger charge is 2.71. The van der Waals surface area contributed by atoms with Crippen molar-refractivity contribution in [2.24, 2.45) is 22.7 Å². The Kier molecular flexibility index (Phi) is 6.12. The lowest BCUT2D eigenvalue weighted by atomic mass is 9.44. The van der Waals surface area contributed by atoms with E-state index >= 15 is 0 Å². The van der Waals surface area contributed by atoms with Crippen molar-refractivity contribution in [3.8, 4) is 17.6 Å². The van der Waals surface area contributed by atoms with E-state index in [2.05, 4.69) is 11.8 Å². The van der Waals surface area contributed by atoms with Crippen molar-refractivity contribution in [1.29, 1.82) is 0 Å². The van der Waals surface area contributed by atoms with Gasteiger partial charge in [-0.05, 0) is 55.5 Å². The minimum absolute atomic E-state index is 0.0338. The van der Waals surface area contributed by atoms with Crippen molar-refractivity contribution in [2.75, 3.05) is 0 Å². The summed E-state index contributed by atoms with van der Waals surface area (Å²) >= 11 is 0. The Labute approximate surface area is 232 Å². The first-order chi connectivity index (χ1) is 18.7. The molecule has 7 nitrogen and oxygen atoms in total. The molecule has 0 spiro atoms. The van der Waals surface area contributed by atoms with E-state index in [9.17, 15) is 34.8 Å². The van der Waals surface area contributed by atoms with Crippen LogP contribution in [0.3, 0.4) is 0 Å². The molecule has 3 aliphatic rings. The quantitative estimate of drug-likeness (QED) is 0.319. The standard InChI is InChI=1S/C33H32O7/c1-17(2)25-27(36)23(18(3)34)29(38)33(40)30(39)26-28(37)24-21(15-31(26,4)16-32(25,33)5)20(13-14-22(24)35)12-11-19-9-7-6-8-10-19/h6-10,13-14,17,25,35-36,39-40H,15-16H2,1-5H3/t25?,31-,32-,33+/m1/s1. The van der Waals surface area contributed by atoms with Gasteiger partial charge in [0.15, 0.2) is 17.2 Å². The van der Waals surface area contributed by atoms with E-state index < -0.39 is 56.8 Å². The molecule has 0 amide bonds. The first-order valence-electron chi connectivity index (χ1n) is 13.3. The first kappa shape index (κ1) is 27.4.